The van der Waals surface area contributed by atoms with E-state index in [4.69, 9.17) is 15.9 Å². The zero-order valence-corrected chi connectivity index (χ0v) is 9.01. The van der Waals surface area contributed by atoms with Gasteiger partial charge in [0.25, 0.3) is 0 Å². The fourth-order valence-electron chi connectivity index (χ4n) is 0.810. The first-order valence-corrected chi connectivity index (χ1v) is 4.73. The van der Waals surface area contributed by atoms with E-state index in [1.54, 1.807) is 31.2 Å². The Morgan fingerprint density at radius 2 is 1.56 bits per heavy atom. The number of aliphatic carboxylic acids is 2. The summed E-state index contributed by atoms with van der Waals surface area (Å²) < 4.78 is 0. The summed E-state index contributed by atoms with van der Waals surface area (Å²) in [6, 6.07) is 6.81. The molecule has 0 saturated heterocycles. The second-order valence-corrected chi connectivity index (χ2v) is 3.06. The molecule has 0 heterocycles. The highest BCUT2D eigenvalue weighted by Crippen LogP contribution is 2.05. The minimum Gasteiger partial charge on any atom is -0.481 e. The number of hydrogen-bond donors (Lipinski definition) is 3. The number of carbonyl (C=O) groups is 2. The summed E-state index contributed by atoms with van der Waals surface area (Å²) in [7, 11) is 0. The molecule has 0 bridgehead atoms. The first kappa shape index (κ1) is 14.0. The number of nitrogen functional groups attached to an aromatic ring is 1. The molecule has 0 aliphatic rings. The molecule has 0 aliphatic carbocycles. The van der Waals surface area contributed by atoms with Crippen LogP contribution in [-0.4, -0.2) is 22.2 Å². The third kappa shape index (κ3) is 7.37. The number of anilines is 1. The van der Waals surface area contributed by atoms with Gasteiger partial charge in [-0.2, -0.15) is 0 Å². The van der Waals surface area contributed by atoms with Crippen LogP contribution in [0.2, 0.25) is 0 Å². The first-order chi connectivity index (χ1) is 7.45. The van der Waals surface area contributed by atoms with E-state index in [0.29, 0.717) is 5.69 Å². The molecule has 0 saturated carbocycles. The summed E-state index contributed by atoms with van der Waals surface area (Å²) in [4.78, 5) is 19.6. The van der Waals surface area contributed by atoms with Gasteiger partial charge in [0.1, 0.15) is 0 Å². The van der Waals surface area contributed by atoms with Crippen LogP contribution in [-0.2, 0) is 16.0 Å². The summed E-state index contributed by atoms with van der Waals surface area (Å²) in [5, 5.41) is 16.1. The molecule has 1 aromatic carbocycles. The van der Waals surface area contributed by atoms with Crippen molar-refractivity contribution >= 4 is 17.6 Å². The lowest BCUT2D eigenvalue weighted by Gasteiger charge is -1.96. The molecule has 0 aromatic heterocycles. The van der Waals surface area contributed by atoms with Gasteiger partial charge in [0, 0.05) is 12.1 Å². The summed E-state index contributed by atoms with van der Waals surface area (Å²) in [5.74, 6) is -1.57. The maximum atomic E-state index is 10.2. The average Bonchev–Trinajstić information content (AvgIpc) is 2.22. The Hall–Kier alpha value is -2.04. The van der Waals surface area contributed by atoms with Crippen molar-refractivity contribution in [3.8, 4) is 0 Å². The number of hydrogen-bond acceptors (Lipinski definition) is 3. The summed E-state index contributed by atoms with van der Waals surface area (Å²) in [6.45, 7) is 1.60. The zero-order chi connectivity index (χ0) is 12.6. The minimum atomic E-state index is -0.824. The van der Waals surface area contributed by atoms with E-state index in [-0.39, 0.29) is 12.8 Å². The number of nitrogens with two attached hydrogens (primary N) is 1. The Morgan fingerprint density at radius 1 is 1.12 bits per heavy atom. The lowest BCUT2D eigenvalue weighted by molar-refractivity contribution is -0.137. The van der Waals surface area contributed by atoms with Gasteiger partial charge in [-0.25, -0.2) is 0 Å². The molecule has 0 fully saturated rings. The highest BCUT2D eigenvalue weighted by atomic mass is 16.4. The lowest BCUT2D eigenvalue weighted by Crippen LogP contribution is -1.99. The van der Waals surface area contributed by atoms with E-state index in [0.717, 1.165) is 5.56 Å². The van der Waals surface area contributed by atoms with Crippen molar-refractivity contribution in [2.24, 2.45) is 0 Å². The monoisotopic (exact) mass is 225 g/mol. The van der Waals surface area contributed by atoms with Crippen molar-refractivity contribution in [1.82, 2.24) is 0 Å². The Balaban J connectivity index is 0.000000385. The van der Waals surface area contributed by atoms with Crippen LogP contribution in [0.4, 0.5) is 5.69 Å². The van der Waals surface area contributed by atoms with E-state index >= 15 is 0 Å². The van der Waals surface area contributed by atoms with Crippen molar-refractivity contribution in [2.45, 2.75) is 19.8 Å². The van der Waals surface area contributed by atoms with E-state index in [1.807, 2.05) is 0 Å². The van der Waals surface area contributed by atoms with Crippen molar-refractivity contribution in [3.63, 3.8) is 0 Å². The normalized spacial score (nSPS) is 8.81. The summed E-state index contributed by atoms with van der Waals surface area (Å²) in [6.07, 6.45) is 0.278. The van der Waals surface area contributed by atoms with Crippen molar-refractivity contribution in [2.75, 3.05) is 5.73 Å². The number of carboxylic acid groups (broad SMARTS) is 2. The van der Waals surface area contributed by atoms with E-state index < -0.39 is 11.9 Å². The Labute approximate surface area is 93.5 Å². The quantitative estimate of drug-likeness (QED) is 0.674. The molecule has 0 unspecified atom stereocenters. The van der Waals surface area contributed by atoms with Crippen molar-refractivity contribution < 1.29 is 19.8 Å². The predicted molar refractivity (Wildman–Crippen MR) is 60.1 cm³/mol. The predicted octanol–water partition coefficient (Wildman–Crippen LogP) is 1.38. The van der Waals surface area contributed by atoms with Gasteiger partial charge in [-0.3, -0.25) is 9.59 Å². The highest BCUT2D eigenvalue weighted by molar-refractivity contribution is 5.70. The molecule has 0 aliphatic heterocycles. The Kier molecular flexibility index (Phi) is 6.35. The average molecular weight is 225 g/mol. The zero-order valence-electron chi connectivity index (χ0n) is 9.01. The van der Waals surface area contributed by atoms with Crippen LogP contribution in [0, 0.1) is 0 Å². The van der Waals surface area contributed by atoms with Gasteiger partial charge in [0.2, 0.25) is 0 Å². The number of rotatable bonds is 3. The Bertz CT molecular complexity index is 346. The van der Waals surface area contributed by atoms with Gasteiger partial charge < -0.3 is 15.9 Å². The molecule has 1 rings (SSSR count). The van der Waals surface area contributed by atoms with E-state index in [9.17, 15) is 9.59 Å². The second-order valence-electron chi connectivity index (χ2n) is 3.06. The third-order valence-electron chi connectivity index (χ3n) is 1.64. The SMILES string of the molecule is CCC(=O)O.Nc1ccc(CC(=O)O)cc1. The molecular weight excluding hydrogens is 210 g/mol. The smallest absolute Gasteiger partial charge is 0.307 e. The maximum absolute atomic E-state index is 10.2. The molecule has 5 nitrogen and oxygen atoms in total. The van der Waals surface area contributed by atoms with Crippen molar-refractivity contribution in [3.05, 3.63) is 29.8 Å². The van der Waals surface area contributed by atoms with Crippen LogP contribution in [0.1, 0.15) is 18.9 Å². The Morgan fingerprint density at radius 3 is 1.88 bits per heavy atom. The van der Waals surface area contributed by atoms with Crippen LogP contribution in [0.3, 0.4) is 0 Å². The van der Waals surface area contributed by atoms with Gasteiger partial charge >= 0.3 is 11.9 Å². The summed E-state index contributed by atoms with van der Waals surface area (Å²) >= 11 is 0. The van der Waals surface area contributed by atoms with Crippen molar-refractivity contribution in [1.29, 1.82) is 0 Å². The minimum absolute atomic E-state index is 0.0558. The molecule has 0 radical (unpaired) electrons. The number of benzene rings is 1. The van der Waals surface area contributed by atoms with Gasteiger partial charge in [-0.1, -0.05) is 19.1 Å². The molecule has 16 heavy (non-hydrogen) atoms. The third-order valence-corrected chi connectivity index (χ3v) is 1.64. The van der Waals surface area contributed by atoms with E-state index in [1.165, 1.54) is 0 Å². The van der Waals surface area contributed by atoms with Gasteiger partial charge in [-0.15, -0.1) is 0 Å². The number of carboxylic acids is 2. The molecule has 88 valence electrons. The van der Waals surface area contributed by atoms with Crippen LogP contribution < -0.4 is 5.73 Å². The van der Waals surface area contributed by atoms with Gasteiger partial charge in [0.15, 0.2) is 0 Å². The fraction of sp³-hybridized carbons (Fsp3) is 0.273. The van der Waals surface area contributed by atoms with Crippen LogP contribution in [0.5, 0.6) is 0 Å². The van der Waals surface area contributed by atoms with Gasteiger partial charge in [0.05, 0.1) is 6.42 Å². The molecular formula is C11H15NO4. The van der Waals surface area contributed by atoms with Crippen LogP contribution >= 0.6 is 0 Å². The largest absolute Gasteiger partial charge is 0.481 e. The highest BCUT2D eigenvalue weighted by Gasteiger charge is 1.98. The summed E-state index contributed by atoms with van der Waals surface area (Å²) in [5.41, 5.74) is 6.83. The van der Waals surface area contributed by atoms with Gasteiger partial charge in [-0.05, 0) is 17.7 Å². The molecule has 0 atom stereocenters. The molecule has 5 heteroatoms. The lowest BCUT2D eigenvalue weighted by atomic mass is 10.1. The topological polar surface area (TPSA) is 101 Å². The molecule has 0 spiro atoms. The standard InChI is InChI=1S/C8H9NO2.C3H6O2/c9-7-3-1-6(2-4-7)5-8(10)11;1-2-3(4)5/h1-4H,5,9H2,(H,10,11);2H2,1H3,(H,4,5). The van der Waals surface area contributed by atoms with E-state index in [2.05, 4.69) is 0 Å². The molecule has 0 amide bonds. The second kappa shape index (κ2) is 7.28. The fourth-order valence-corrected chi connectivity index (χ4v) is 0.810. The van der Waals surface area contributed by atoms with Crippen LogP contribution in [0.15, 0.2) is 24.3 Å². The molecule has 4 N–H and O–H groups in total. The molecule has 1 aromatic rings. The maximum Gasteiger partial charge on any atom is 0.307 e. The first-order valence-electron chi connectivity index (χ1n) is 4.73. The van der Waals surface area contributed by atoms with Crippen LogP contribution in [0.25, 0.3) is 0 Å².